The number of hydrogen-bond acceptors (Lipinski definition) is 5. The number of amides is 2. The molecular formula is C14H22ClN3O4. The van der Waals surface area contributed by atoms with Crippen molar-refractivity contribution in [2.24, 2.45) is 5.73 Å². The van der Waals surface area contributed by atoms with Crippen LogP contribution in [0.3, 0.4) is 0 Å². The van der Waals surface area contributed by atoms with Gasteiger partial charge >= 0.3 is 0 Å². The van der Waals surface area contributed by atoms with E-state index in [0.717, 1.165) is 0 Å². The first-order valence-corrected chi connectivity index (χ1v) is 6.52. The van der Waals surface area contributed by atoms with Gasteiger partial charge in [-0.2, -0.15) is 0 Å². The smallest absolute Gasteiger partial charge is 0.248 e. The minimum absolute atomic E-state index is 0. The van der Waals surface area contributed by atoms with E-state index in [9.17, 15) is 9.59 Å². The summed E-state index contributed by atoms with van der Waals surface area (Å²) in [5.74, 6) is 0.154. The Balaban J connectivity index is 0.00000441. The molecule has 0 saturated carbocycles. The Kier molecular flexibility index (Phi) is 9.93. The van der Waals surface area contributed by atoms with E-state index in [2.05, 4.69) is 5.32 Å². The number of nitrogens with two attached hydrogens (primary N) is 1. The van der Waals surface area contributed by atoms with Gasteiger partial charge in [0.15, 0.2) is 0 Å². The van der Waals surface area contributed by atoms with Gasteiger partial charge in [0.05, 0.1) is 6.54 Å². The van der Waals surface area contributed by atoms with Crippen molar-refractivity contribution in [2.75, 3.05) is 45.8 Å². The maximum Gasteiger partial charge on any atom is 0.248 e. The third kappa shape index (κ3) is 7.26. The molecule has 0 bridgehead atoms. The Labute approximate surface area is 136 Å². The molecule has 8 heteroatoms. The number of nitrogens with one attached hydrogen (secondary N) is 1. The van der Waals surface area contributed by atoms with Crippen molar-refractivity contribution in [3.63, 3.8) is 0 Å². The van der Waals surface area contributed by atoms with Crippen LogP contribution in [0.4, 0.5) is 5.69 Å². The summed E-state index contributed by atoms with van der Waals surface area (Å²) in [6.07, 6.45) is 0. The van der Waals surface area contributed by atoms with Gasteiger partial charge in [-0.15, -0.1) is 12.4 Å². The highest BCUT2D eigenvalue weighted by Gasteiger charge is 2.12. The van der Waals surface area contributed by atoms with Gasteiger partial charge in [0.1, 0.15) is 19.0 Å². The Morgan fingerprint density at radius 3 is 2.45 bits per heavy atom. The van der Waals surface area contributed by atoms with E-state index in [4.69, 9.17) is 15.2 Å². The van der Waals surface area contributed by atoms with Crippen LogP contribution in [0.1, 0.15) is 0 Å². The maximum atomic E-state index is 11.8. The monoisotopic (exact) mass is 331 g/mol. The summed E-state index contributed by atoms with van der Waals surface area (Å²) in [5.41, 5.74) is 5.97. The lowest BCUT2D eigenvalue weighted by Crippen LogP contribution is -2.36. The average molecular weight is 332 g/mol. The first kappa shape index (κ1) is 20.2. The molecule has 0 heterocycles. The molecule has 0 unspecified atom stereocenters. The zero-order valence-corrected chi connectivity index (χ0v) is 13.5. The molecule has 3 N–H and O–H groups in total. The van der Waals surface area contributed by atoms with Crippen LogP contribution in [0.5, 0.6) is 5.75 Å². The van der Waals surface area contributed by atoms with Gasteiger partial charge in [0.2, 0.25) is 11.8 Å². The van der Waals surface area contributed by atoms with Crippen molar-refractivity contribution in [1.29, 1.82) is 0 Å². The predicted molar refractivity (Wildman–Crippen MR) is 86.4 cm³/mol. The van der Waals surface area contributed by atoms with E-state index in [1.165, 1.54) is 12.0 Å². The maximum absolute atomic E-state index is 11.8. The van der Waals surface area contributed by atoms with Crippen molar-refractivity contribution >= 4 is 29.9 Å². The summed E-state index contributed by atoms with van der Waals surface area (Å²) in [7, 11) is 2.98. The Morgan fingerprint density at radius 1 is 1.27 bits per heavy atom. The number of anilines is 1. The quantitative estimate of drug-likeness (QED) is 0.723. The zero-order valence-electron chi connectivity index (χ0n) is 12.7. The number of methoxy groups -OCH3 is 1. The molecule has 0 atom stereocenters. The van der Waals surface area contributed by atoms with Crippen LogP contribution in [0.15, 0.2) is 24.3 Å². The third-order valence-electron chi connectivity index (χ3n) is 2.60. The number of halogens is 1. The van der Waals surface area contributed by atoms with Gasteiger partial charge in [0.25, 0.3) is 0 Å². The second kappa shape index (κ2) is 10.8. The number of nitrogens with zero attached hydrogens (tertiary/aromatic N) is 1. The van der Waals surface area contributed by atoms with Crippen LogP contribution < -0.4 is 15.8 Å². The van der Waals surface area contributed by atoms with Crippen LogP contribution >= 0.6 is 12.4 Å². The molecule has 0 aliphatic carbocycles. The number of likely N-dealkylation sites (N-methyl/N-ethyl adjacent to an activating group) is 1. The topological polar surface area (TPSA) is 93.9 Å². The van der Waals surface area contributed by atoms with Crippen molar-refractivity contribution in [3.05, 3.63) is 24.3 Å². The number of carbonyl (C=O) groups excluding carboxylic acids is 2. The van der Waals surface area contributed by atoms with E-state index in [0.29, 0.717) is 24.6 Å². The Morgan fingerprint density at radius 2 is 1.91 bits per heavy atom. The van der Waals surface area contributed by atoms with Crippen molar-refractivity contribution in [3.8, 4) is 5.75 Å². The summed E-state index contributed by atoms with van der Waals surface area (Å²) < 4.78 is 10.1. The molecule has 0 fully saturated rings. The molecular weight excluding hydrogens is 310 g/mol. The molecule has 22 heavy (non-hydrogen) atoms. The van der Waals surface area contributed by atoms with Gasteiger partial charge in [-0.3, -0.25) is 9.59 Å². The van der Waals surface area contributed by atoms with E-state index in [1.807, 2.05) is 0 Å². The molecule has 0 spiro atoms. The highest BCUT2D eigenvalue weighted by atomic mass is 35.5. The first-order valence-electron chi connectivity index (χ1n) is 6.52. The van der Waals surface area contributed by atoms with Gasteiger partial charge < -0.3 is 25.4 Å². The number of rotatable bonds is 8. The lowest BCUT2D eigenvalue weighted by Gasteiger charge is -2.16. The summed E-state index contributed by atoms with van der Waals surface area (Å²) in [6, 6.07) is 6.93. The van der Waals surface area contributed by atoms with Crippen molar-refractivity contribution < 1.29 is 19.1 Å². The first-order chi connectivity index (χ1) is 10.1. The summed E-state index contributed by atoms with van der Waals surface area (Å²) >= 11 is 0. The second-order valence-electron chi connectivity index (χ2n) is 4.39. The van der Waals surface area contributed by atoms with E-state index in [1.54, 1.807) is 31.3 Å². The molecule has 2 amide bonds. The molecule has 0 aliphatic heterocycles. The van der Waals surface area contributed by atoms with Crippen LogP contribution in [0.2, 0.25) is 0 Å². The van der Waals surface area contributed by atoms with E-state index in [-0.39, 0.29) is 37.4 Å². The number of ether oxygens (including phenoxy) is 2. The molecule has 0 aromatic heterocycles. The van der Waals surface area contributed by atoms with Gasteiger partial charge in [-0.05, 0) is 24.3 Å². The third-order valence-corrected chi connectivity index (χ3v) is 2.60. The minimum Gasteiger partial charge on any atom is -0.492 e. The summed E-state index contributed by atoms with van der Waals surface area (Å²) in [5, 5.41) is 2.70. The number of carbonyl (C=O) groups is 2. The molecule has 1 aromatic rings. The van der Waals surface area contributed by atoms with Crippen molar-refractivity contribution in [1.82, 2.24) is 4.90 Å². The molecule has 0 aliphatic rings. The number of benzene rings is 1. The number of hydrogen-bond donors (Lipinski definition) is 2. The van der Waals surface area contributed by atoms with E-state index >= 15 is 0 Å². The molecule has 1 rings (SSSR count). The largest absolute Gasteiger partial charge is 0.492 e. The fourth-order valence-corrected chi connectivity index (χ4v) is 1.55. The minimum atomic E-state index is -0.280. The highest BCUT2D eigenvalue weighted by molar-refractivity contribution is 5.94. The van der Waals surface area contributed by atoms with Crippen LogP contribution in [-0.2, 0) is 14.3 Å². The summed E-state index contributed by atoms with van der Waals surface area (Å²) in [6.45, 7) is 0.809. The molecule has 0 radical (unpaired) electrons. The fourth-order valence-electron chi connectivity index (χ4n) is 1.55. The predicted octanol–water partition coefficient (Wildman–Crippen LogP) is 0.489. The highest BCUT2D eigenvalue weighted by Crippen LogP contribution is 2.15. The fraction of sp³-hybridized carbons (Fsp3) is 0.429. The van der Waals surface area contributed by atoms with Gasteiger partial charge in [-0.1, -0.05) is 0 Å². The second-order valence-corrected chi connectivity index (χ2v) is 4.39. The molecule has 7 nitrogen and oxygen atoms in total. The lowest BCUT2D eigenvalue weighted by atomic mass is 10.3. The molecule has 0 saturated heterocycles. The molecule has 124 valence electrons. The Hall–Kier alpha value is -1.83. The van der Waals surface area contributed by atoms with Crippen LogP contribution in [0, 0.1) is 0 Å². The average Bonchev–Trinajstić information content (AvgIpc) is 2.46. The Bertz CT molecular complexity index is 468. The molecule has 1 aromatic carbocycles. The van der Waals surface area contributed by atoms with Gasteiger partial charge in [0, 0.05) is 26.4 Å². The van der Waals surface area contributed by atoms with Crippen molar-refractivity contribution in [2.45, 2.75) is 0 Å². The SMILES string of the molecule is COCC(=O)N(C)CC(=O)Nc1ccc(OCCN)cc1.Cl. The zero-order chi connectivity index (χ0) is 15.7. The standard InChI is InChI=1S/C14H21N3O4.ClH/c1-17(14(19)10-20-2)9-13(18)16-11-3-5-12(6-4-11)21-8-7-15;/h3-6H,7-10,15H2,1-2H3,(H,16,18);1H. The van der Waals surface area contributed by atoms with Crippen LogP contribution in [0.25, 0.3) is 0 Å². The van der Waals surface area contributed by atoms with E-state index < -0.39 is 0 Å². The normalized spacial score (nSPS) is 9.59. The summed E-state index contributed by atoms with van der Waals surface area (Å²) in [4.78, 5) is 24.6. The van der Waals surface area contributed by atoms with Crippen LogP contribution in [-0.4, -0.2) is 57.2 Å². The van der Waals surface area contributed by atoms with Gasteiger partial charge in [-0.25, -0.2) is 0 Å². The lowest BCUT2D eigenvalue weighted by molar-refractivity contribution is -0.136.